The number of carbonyl (C=O) groups is 1. The molecule has 4 rings (SSSR count). The highest BCUT2D eigenvalue weighted by atomic mass is 16.6. The van der Waals surface area contributed by atoms with E-state index in [4.69, 9.17) is 19.9 Å². The minimum absolute atomic E-state index is 0.186. The third-order valence-electron chi connectivity index (χ3n) is 5.16. The third-order valence-corrected chi connectivity index (χ3v) is 5.16. The van der Waals surface area contributed by atoms with Crippen molar-refractivity contribution < 1.29 is 19.0 Å². The maximum Gasteiger partial charge on any atom is 0.248 e. The van der Waals surface area contributed by atoms with Crippen LogP contribution in [0.2, 0.25) is 0 Å². The van der Waals surface area contributed by atoms with Crippen molar-refractivity contribution in [3.05, 3.63) is 66.2 Å². The summed E-state index contributed by atoms with van der Waals surface area (Å²) in [4.78, 5) is 11.6. The van der Waals surface area contributed by atoms with Gasteiger partial charge in [0, 0.05) is 12.2 Å². The molecule has 150 valence electrons. The average molecular weight is 391 g/mol. The third kappa shape index (κ3) is 4.75. The first-order chi connectivity index (χ1) is 14.2. The molecule has 5 nitrogen and oxygen atoms in total. The molecular formula is C24H25NO4. The number of carbonyl (C=O) groups excluding carboxylic acids is 1. The first-order valence-electron chi connectivity index (χ1n) is 9.96. The predicted molar refractivity (Wildman–Crippen MR) is 113 cm³/mol. The topological polar surface area (TPSA) is 70.8 Å². The molecule has 3 aromatic rings. The summed E-state index contributed by atoms with van der Waals surface area (Å²) in [7, 11) is 0. The number of rotatable bonds is 7. The van der Waals surface area contributed by atoms with Crippen LogP contribution in [0.15, 0.2) is 60.7 Å². The molecule has 0 saturated carbocycles. The Morgan fingerprint density at radius 1 is 1.07 bits per heavy atom. The lowest BCUT2D eigenvalue weighted by atomic mass is 9.96. The number of hydrogen-bond donors (Lipinski definition) is 1. The summed E-state index contributed by atoms with van der Waals surface area (Å²) in [6, 6.07) is 19.6. The van der Waals surface area contributed by atoms with Gasteiger partial charge in [0.05, 0.1) is 19.3 Å². The van der Waals surface area contributed by atoms with Crippen molar-refractivity contribution in [2.45, 2.75) is 18.9 Å². The molecule has 0 aliphatic carbocycles. The summed E-state index contributed by atoms with van der Waals surface area (Å²) in [6.07, 6.45) is 2.30. The minimum Gasteiger partial charge on any atom is -0.491 e. The van der Waals surface area contributed by atoms with Gasteiger partial charge in [0.15, 0.2) is 0 Å². The van der Waals surface area contributed by atoms with E-state index >= 15 is 0 Å². The fraction of sp³-hybridized carbons (Fsp3) is 0.292. The molecular weight excluding hydrogens is 366 g/mol. The lowest BCUT2D eigenvalue weighted by Gasteiger charge is -2.22. The molecule has 5 heteroatoms. The molecule has 0 aromatic heterocycles. The Labute approximate surface area is 170 Å². The number of hydrogen-bond acceptors (Lipinski definition) is 4. The van der Waals surface area contributed by atoms with Gasteiger partial charge in [-0.25, -0.2) is 0 Å². The highest BCUT2D eigenvalue weighted by Crippen LogP contribution is 2.30. The van der Waals surface area contributed by atoms with Crippen LogP contribution in [0.5, 0.6) is 5.75 Å². The Morgan fingerprint density at radius 2 is 1.93 bits per heavy atom. The second-order valence-electron chi connectivity index (χ2n) is 7.19. The minimum atomic E-state index is -0.424. The fourth-order valence-electron chi connectivity index (χ4n) is 3.63. The number of fused-ring (bicyclic) bond motifs is 1. The Morgan fingerprint density at radius 3 is 2.69 bits per heavy atom. The van der Waals surface area contributed by atoms with E-state index in [1.54, 1.807) is 6.07 Å². The van der Waals surface area contributed by atoms with Crippen molar-refractivity contribution in [3.8, 4) is 16.9 Å². The molecule has 0 spiro atoms. The Balaban J connectivity index is 1.42. The maximum atomic E-state index is 11.6. The molecule has 1 atom stereocenters. The van der Waals surface area contributed by atoms with Gasteiger partial charge in [-0.05, 0) is 59.0 Å². The summed E-state index contributed by atoms with van der Waals surface area (Å²) in [5.41, 5.74) is 8.06. The maximum absolute atomic E-state index is 11.6. The van der Waals surface area contributed by atoms with Crippen LogP contribution >= 0.6 is 0 Å². The van der Waals surface area contributed by atoms with Crippen LogP contribution in [-0.2, 0) is 9.47 Å². The first kappa shape index (κ1) is 19.4. The van der Waals surface area contributed by atoms with Crippen molar-refractivity contribution in [1.29, 1.82) is 0 Å². The lowest BCUT2D eigenvalue weighted by molar-refractivity contribution is -0.0559. The number of ether oxygens (including phenoxy) is 3. The van der Waals surface area contributed by atoms with Gasteiger partial charge in [0.2, 0.25) is 5.91 Å². The molecule has 29 heavy (non-hydrogen) atoms. The van der Waals surface area contributed by atoms with Gasteiger partial charge in [-0.15, -0.1) is 0 Å². The Hall–Kier alpha value is -2.89. The zero-order chi connectivity index (χ0) is 20.1. The van der Waals surface area contributed by atoms with Gasteiger partial charge in [-0.3, -0.25) is 4.79 Å². The van der Waals surface area contributed by atoms with Gasteiger partial charge < -0.3 is 19.9 Å². The smallest absolute Gasteiger partial charge is 0.248 e. The van der Waals surface area contributed by atoms with E-state index < -0.39 is 5.91 Å². The summed E-state index contributed by atoms with van der Waals surface area (Å²) < 4.78 is 17.0. The molecule has 1 aliphatic heterocycles. The SMILES string of the molecule is NC(=O)c1ccc2cccc(-c3ccc(OCCOC4CCCOC4)cc3)c2c1. The largest absolute Gasteiger partial charge is 0.491 e. The molecule has 0 radical (unpaired) electrons. The quantitative estimate of drug-likeness (QED) is 0.614. The standard InChI is InChI=1S/C24H25NO4/c25-24(26)19-7-6-17-3-1-5-22(23(17)15-19)18-8-10-20(11-9-18)28-13-14-29-21-4-2-12-27-16-21/h1,3,5-11,15,21H,2,4,12-14,16H2,(H2,25,26). The molecule has 1 heterocycles. The molecule has 1 unspecified atom stereocenters. The van der Waals surface area contributed by atoms with Gasteiger partial charge in [0.1, 0.15) is 12.4 Å². The normalized spacial score (nSPS) is 16.6. The monoisotopic (exact) mass is 391 g/mol. The van der Waals surface area contributed by atoms with Crippen LogP contribution in [0.3, 0.4) is 0 Å². The number of primary amides is 1. The Bertz CT molecular complexity index is 978. The van der Waals surface area contributed by atoms with Gasteiger partial charge in [0.25, 0.3) is 0 Å². The number of amides is 1. The summed E-state index contributed by atoms with van der Waals surface area (Å²) in [5.74, 6) is 0.378. The molecule has 0 bridgehead atoms. The zero-order valence-corrected chi connectivity index (χ0v) is 16.3. The van der Waals surface area contributed by atoms with Crippen LogP contribution in [0.1, 0.15) is 23.2 Å². The van der Waals surface area contributed by atoms with E-state index in [0.29, 0.717) is 25.4 Å². The van der Waals surface area contributed by atoms with E-state index in [9.17, 15) is 4.79 Å². The second kappa shape index (κ2) is 9.07. The zero-order valence-electron chi connectivity index (χ0n) is 16.3. The van der Waals surface area contributed by atoms with E-state index in [1.807, 2.05) is 54.6 Å². The highest BCUT2D eigenvalue weighted by molar-refractivity contribution is 6.02. The van der Waals surface area contributed by atoms with Crippen molar-refractivity contribution in [2.75, 3.05) is 26.4 Å². The molecule has 1 saturated heterocycles. The molecule has 3 aromatic carbocycles. The van der Waals surface area contributed by atoms with E-state index in [2.05, 4.69) is 0 Å². The second-order valence-corrected chi connectivity index (χ2v) is 7.19. The first-order valence-corrected chi connectivity index (χ1v) is 9.96. The van der Waals surface area contributed by atoms with Crippen molar-refractivity contribution in [2.24, 2.45) is 5.73 Å². The summed E-state index contributed by atoms with van der Waals surface area (Å²) >= 11 is 0. The summed E-state index contributed by atoms with van der Waals surface area (Å²) in [5, 5.41) is 2.07. The van der Waals surface area contributed by atoms with Crippen LogP contribution in [-0.4, -0.2) is 38.4 Å². The van der Waals surface area contributed by atoms with Crippen molar-refractivity contribution >= 4 is 16.7 Å². The van der Waals surface area contributed by atoms with Gasteiger partial charge >= 0.3 is 0 Å². The highest BCUT2D eigenvalue weighted by Gasteiger charge is 2.13. The molecule has 2 N–H and O–H groups in total. The molecule has 1 amide bonds. The lowest BCUT2D eigenvalue weighted by Crippen LogP contribution is -2.27. The van der Waals surface area contributed by atoms with Crippen molar-refractivity contribution in [3.63, 3.8) is 0 Å². The van der Waals surface area contributed by atoms with Crippen LogP contribution in [0.4, 0.5) is 0 Å². The van der Waals surface area contributed by atoms with E-state index in [0.717, 1.165) is 47.1 Å². The predicted octanol–water partition coefficient (Wildman–Crippen LogP) is 4.18. The van der Waals surface area contributed by atoms with Crippen LogP contribution < -0.4 is 10.5 Å². The van der Waals surface area contributed by atoms with Crippen LogP contribution in [0.25, 0.3) is 21.9 Å². The van der Waals surface area contributed by atoms with Crippen molar-refractivity contribution in [1.82, 2.24) is 0 Å². The molecule has 1 fully saturated rings. The average Bonchev–Trinajstić information content (AvgIpc) is 2.77. The fourth-order valence-corrected chi connectivity index (χ4v) is 3.63. The summed E-state index contributed by atoms with van der Waals surface area (Å²) in [6.45, 7) is 2.57. The van der Waals surface area contributed by atoms with E-state index in [-0.39, 0.29) is 6.10 Å². The van der Waals surface area contributed by atoms with Gasteiger partial charge in [-0.1, -0.05) is 36.4 Å². The number of benzene rings is 3. The number of nitrogens with two attached hydrogens (primary N) is 1. The van der Waals surface area contributed by atoms with Crippen LogP contribution in [0, 0.1) is 0 Å². The van der Waals surface area contributed by atoms with E-state index in [1.165, 1.54) is 0 Å². The molecule has 1 aliphatic rings. The Kier molecular flexibility index (Phi) is 6.08. The van der Waals surface area contributed by atoms with Gasteiger partial charge in [-0.2, -0.15) is 0 Å².